The Morgan fingerprint density at radius 2 is 2.08 bits per heavy atom. The summed E-state index contributed by atoms with van der Waals surface area (Å²) in [5.74, 6) is 2.29. The van der Waals surface area contributed by atoms with E-state index < -0.39 is 0 Å². The van der Waals surface area contributed by atoms with Crippen LogP contribution in [0.2, 0.25) is 0 Å². The molecule has 6 nitrogen and oxygen atoms in total. The van der Waals surface area contributed by atoms with E-state index in [1.54, 1.807) is 24.9 Å². The Morgan fingerprint density at radius 1 is 1.20 bits per heavy atom. The molecule has 1 saturated carbocycles. The second kappa shape index (κ2) is 6.12. The molecule has 1 amide bonds. The zero-order valence-corrected chi connectivity index (χ0v) is 14.1. The highest BCUT2D eigenvalue weighted by atomic mass is 16.5. The third-order valence-corrected chi connectivity index (χ3v) is 4.64. The molecule has 25 heavy (non-hydrogen) atoms. The number of hydrogen-bond acceptors (Lipinski definition) is 4. The highest BCUT2D eigenvalue weighted by molar-refractivity contribution is 5.95. The molecule has 1 fully saturated rings. The van der Waals surface area contributed by atoms with Crippen LogP contribution in [0.3, 0.4) is 0 Å². The molecule has 2 unspecified atom stereocenters. The third-order valence-electron chi connectivity index (χ3n) is 4.64. The minimum atomic E-state index is -0.0770. The maximum Gasteiger partial charge on any atom is 0.229 e. The molecule has 1 aliphatic rings. The highest BCUT2D eigenvalue weighted by Crippen LogP contribution is 2.51. The monoisotopic (exact) mass is 337 g/mol. The lowest BCUT2D eigenvalue weighted by molar-refractivity contribution is -0.117. The van der Waals surface area contributed by atoms with E-state index in [9.17, 15) is 4.79 Å². The third kappa shape index (κ3) is 2.80. The number of amides is 1. The lowest BCUT2D eigenvalue weighted by Gasteiger charge is -2.11. The number of methoxy groups -OCH3 is 2. The van der Waals surface area contributed by atoms with Crippen molar-refractivity contribution in [3.63, 3.8) is 0 Å². The van der Waals surface area contributed by atoms with Crippen LogP contribution >= 0.6 is 0 Å². The minimum Gasteiger partial charge on any atom is -0.497 e. The summed E-state index contributed by atoms with van der Waals surface area (Å²) in [4.78, 5) is 12.7. The summed E-state index contributed by atoms with van der Waals surface area (Å²) in [6.07, 6.45) is 2.51. The average molecular weight is 337 g/mol. The van der Waals surface area contributed by atoms with Gasteiger partial charge >= 0.3 is 0 Å². The summed E-state index contributed by atoms with van der Waals surface area (Å²) in [5, 5.41) is 7.23. The molecule has 1 aliphatic carbocycles. The molecule has 4 rings (SSSR count). The van der Waals surface area contributed by atoms with Gasteiger partial charge in [-0.25, -0.2) is 4.52 Å². The number of nitrogens with zero attached hydrogens (tertiary/aromatic N) is 2. The second-order valence-electron chi connectivity index (χ2n) is 6.12. The number of ether oxygens (including phenoxy) is 2. The first-order valence-corrected chi connectivity index (χ1v) is 8.17. The average Bonchev–Trinajstić information content (AvgIpc) is 3.30. The Labute approximate surface area is 145 Å². The zero-order valence-electron chi connectivity index (χ0n) is 14.1. The van der Waals surface area contributed by atoms with Crippen molar-refractivity contribution in [1.29, 1.82) is 0 Å². The van der Waals surface area contributed by atoms with Crippen molar-refractivity contribution in [2.75, 3.05) is 19.5 Å². The Morgan fingerprint density at radius 3 is 2.88 bits per heavy atom. The largest absolute Gasteiger partial charge is 0.497 e. The maximum absolute atomic E-state index is 12.7. The first kappa shape index (κ1) is 15.5. The van der Waals surface area contributed by atoms with Crippen molar-refractivity contribution in [2.24, 2.45) is 5.92 Å². The number of anilines is 1. The molecule has 2 aromatic heterocycles. The van der Waals surface area contributed by atoms with Crippen LogP contribution in [0.25, 0.3) is 5.52 Å². The van der Waals surface area contributed by atoms with Crippen molar-refractivity contribution in [3.8, 4) is 11.5 Å². The number of rotatable bonds is 5. The van der Waals surface area contributed by atoms with Crippen LogP contribution in [0, 0.1) is 5.92 Å². The number of nitrogens with one attached hydrogen (secondary N) is 1. The number of aromatic nitrogens is 2. The second-order valence-corrected chi connectivity index (χ2v) is 6.12. The van der Waals surface area contributed by atoms with Gasteiger partial charge in [-0.05, 0) is 42.8 Å². The molecule has 0 spiro atoms. The van der Waals surface area contributed by atoms with Crippen molar-refractivity contribution >= 4 is 17.2 Å². The lowest BCUT2D eigenvalue weighted by atomic mass is 10.1. The number of pyridine rings is 1. The Hall–Kier alpha value is -3.02. The van der Waals surface area contributed by atoms with Crippen LogP contribution in [0.1, 0.15) is 17.9 Å². The summed E-state index contributed by atoms with van der Waals surface area (Å²) in [6, 6.07) is 13.3. The van der Waals surface area contributed by atoms with E-state index in [1.807, 2.05) is 42.5 Å². The SMILES string of the molecule is COc1ccc(OC)c(C2CC2C(=O)Nc2cccc3ccnn23)c1. The van der Waals surface area contributed by atoms with Crippen LogP contribution < -0.4 is 14.8 Å². The maximum atomic E-state index is 12.7. The standard InChI is InChI=1S/C19H19N3O3/c1-24-13-6-7-17(25-2)15(10-13)14-11-16(14)19(23)21-18-5-3-4-12-8-9-20-22(12)18/h3-10,14,16H,11H2,1-2H3,(H,21,23). The first-order valence-electron chi connectivity index (χ1n) is 8.17. The summed E-state index contributed by atoms with van der Waals surface area (Å²) >= 11 is 0. The lowest BCUT2D eigenvalue weighted by Crippen LogP contribution is -2.17. The smallest absolute Gasteiger partial charge is 0.229 e. The first-order chi connectivity index (χ1) is 12.2. The van der Waals surface area contributed by atoms with E-state index >= 15 is 0 Å². The molecular formula is C19H19N3O3. The van der Waals surface area contributed by atoms with Gasteiger partial charge in [0, 0.05) is 17.4 Å². The van der Waals surface area contributed by atoms with E-state index in [0.717, 1.165) is 29.0 Å². The van der Waals surface area contributed by atoms with Gasteiger partial charge in [-0.2, -0.15) is 5.10 Å². The number of hydrogen-bond donors (Lipinski definition) is 1. The van der Waals surface area contributed by atoms with Crippen LogP contribution in [0.4, 0.5) is 5.82 Å². The highest BCUT2D eigenvalue weighted by Gasteiger charge is 2.45. The van der Waals surface area contributed by atoms with Crippen molar-refractivity contribution in [3.05, 3.63) is 54.2 Å². The summed E-state index contributed by atoms with van der Waals surface area (Å²) in [7, 11) is 3.27. The molecule has 1 aromatic carbocycles. The fraction of sp³-hybridized carbons (Fsp3) is 0.263. The van der Waals surface area contributed by atoms with Crippen molar-refractivity contribution in [1.82, 2.24) is 9.61 Å². The minimum absolute atomic E-state index is 0.00197. The Bertz CT molecular complexity index is 935. The van der Waals surface area contributed by atoms with Gasteiger partial charge in [-0.3, -0.25) is 4.79 Å². The van der Waals surface area contributed by atoms with E-state index in [4.69, 9.17) is 9.47 Å². The molecular weight excluding hydrogens is 318 g/mol. The number of fused-ring (bicyclic) bond motifs is 1. The van der Waals surface area contributed by atoms with Gasteiger partial charge in [0.25, 0.3) is 0 Å². The van der Waals surface area contributed by atoms with Gasteiger partial charge in [0.1, 0.15) is 17.3 Å². The van der Waals surface area contributed by atoms with Crippen LogP contribution in [-0.2, 0) is 4.79 Å². The molecule has 1 N–H and O–H groups in total. The summed E-state index contributed by atoms with van der Waals surface area (Å²) < 4.78 is 12.5. The normalized spacial score (nSPS) is 18.8. The number of carbonyl (C=O) groups is 1. The molecule has 0 radical (unpaired) electrons. The molecule has 0 bridgehead atoms. The van der Waals surface area contributed by atoms with E-state index in [2.05, 4.69) is 10.4 Å². The van der Waals surface area contributed by atoms with Crippen LogP contribution in [0.15, 0.2) is 48.7 Å². The zero-order chi connectivity index (χ0) is 17.4. The predicted molar refractivity (Wildman–Crippen MR) is 94.2 cm³/mol. The van der Waals surface area contributed by atoms with Gasteiger partial charge in [0.2, 0.25) is 5.91 Å². The molecule has 128 valence electrons. The molecule has 2 heterocycles. The molecule has 2 atom stereocenters. The summed E-state index contributed by atoms with van der Waals surface area (Å²) in [5.41, 5.74) is 1.96. The summed E-state index contributed by atoms with van der Waals surface area (Å²) in [6.45, 7) is 0. The van der Waals surface area contributed by atoms with Gasteiger partial charge in [0.05, 0.1) is 25.9 Å². The number of benzene rings is 1. The predicted octanol–water partition coefficient (Wildman–Crippen LogP) is 3.09. The molecule has 6 heteroatoms. The van der Waals surface area contributed by atoms with Gasteiger partial charge < -0.3 is 14.8 Å². The van der Waals surface area contributed by atoms with Crippen LogP contribution in [-0.4, -0.2) is 29.7 Å². The van der Waals surface area contributed by atoms with Gasteiger partial charge in [-0.15, -0.1) is 0 Å². The van der Waals surface area contributed by atoms with Gasteiger partial charge in [-0.1, -0.05) is 6.07 Å². The molecule has 0 saturated heterocycles. The fourth-order valence-corrected chi connectivity index (χ4v) is 3.22. The topological polar surface area (TPSA) is 64.9 Å². The van der Waals surface area contributed by atoms with Crippen LogP contribution in [0.5, 0.6) is 11.5 Å². The Kier molecular flexibility index (Phi) is 3.80. The Balaban J connectivity index is 1.53. The van der Waals surface area contributed by atoms with Crippen molar-refractivity contribution in [2.45, 2.75) is 12.3 Å². The molecule has 3 aromatic rings. The van der Waals surface area contributed by atoms with E-state index in [1.165, 1.54) is 0 Å². The van der Waals surface area contributed by atoms with E-state index in [0.29, 0.717) is 5.82 Å². The number of carbonyl (C=O) groups excluding carboxylic acids is 1. The van der Waals surface area contributed by atoms with Crippen molar-refractivity contribution < 1.29 is 14.3 Å². The van der Waals surface area contributed by atoms with E-state index in [-0.39, 0.29) is 17.7 Å². The fourth-order valence-electron chi connectivity index (χ4n) is 3.22. The quantitative estimate of drug-likeness (QED) is 0.777. The van der Waals surface area contributed by atoms with Gasteiger partial charge in [0.15, 0.2) is 0 Å². The molecule has 0 aliphatic heterocycles.